The van der Waals surface area contributed by atoms with Crippen molar-refractivity contribution in [2.75, 3.05) is 12.4 Å². The summed E-state index contributed by atoms with van der Waals surface area (Å²) in [6, 6.07) is 38.6. The Morgan fingerprint density at radius 3 is 2.31 bits per heavy atom. The van der Waals surface area contributed by atoms with Crippen molar-refractivity contribution < 1.29 is 33.7 Å². The molecule has 3 atom stereocenters. The molecule has 62 heavy (non-hydrogen) atoms. The number of amides is 2. The molecule has 0 bridgehead atoms. The number of fused-ring (bicyclic) bond motifs is 2. The number of nitrogens with one attached hydrogen (secondary N) is 2. The lowest BCUT2D eigenvalue weighted by Gasteiger charge is -2.38. The van der Waals surface area contributed by atoms with Crippen molar-refractivity contribution in [2.45, 2.75) is 50.7 Å². The predicted octanol–water partition coefficient (Wildman–Crippen LogP) is 8.93. The number of anilines is 1. The van der Waals surface area contributed by atoms with E-state index in [0.29, 0.717) is 57.2 Å². The summed E-state index contributed by atoms with van der Waals surface area (Å²) in [6.45, 7) is 0.955. The molecule has 312 valence electrons. The molecule has 0 saturated heterocycles. The Kier molecular flexibility index (Phi) is 12.4. The zero-order chi connectivity index (χ0) is 43.3. The number of hydrogen-bond acceptors (Lipinski definition) is 8. The fourth-order valence-electron chi connectivity index (χ4n) is 7.75. The van der Waals surface area contributed by atoms with E-state index >= 15 is 0 Å². The van der Waals surface area contributed by atoms with Crippen molar-refractivity contribution in [1.82, 2.24) is 10.2 Å². The van der Waals surface area contributed by atoms with Crippen LogP contribution in [0.5, 0.6) is 17.2 Å². The summed E-state index contributed by atoms with van der Waals surface area (Å²) in [7, 11) is 1.59. The zero-order valence-corrected chi connectivity index (χ0v) is 35.0. The average molecular weight is 868 g/mol. The lowest BCUT2D eigenvalue weighted by Crippen LogP contribution is -2.54. The van der Waals surface area contributed by atoms with Crippen molar-refractivity contribution in [3.8, 4) is 34.4 Å². The fourth-order valence-corrected chi connectivity index (χ4v) is 8.07. The van der Waals surface area contributed by atoms with Gasteiger partial charge >= 0.3 is 5.97 Å². The van der Waals surface area contributed by atoms with Gasteiger partial charge in [-0.05, 0) is 94.4 Å². The number of nitrogens with zero attached hydrogens (tertiary/aromatic N) is 2. The largest absolute Gasteiger partial charge is 0.496 e. The van der Waals surface area contributed by atoms with Crippen LogP contribution in [-0.4, -0.2) is 47.0 Å². The molecule has 3 N–H and O–H groups in total. The number of para-hydroxylation sites is 1. The van der Waals surface area contributed by atoms with Crippen LogP contribution in [0.3, 0.4) is 0 Å². The van der Waals surface area contributed by atoms with Gasteiger partial charge in [-0.3, -0.25) is 14.5 Å². The molecule has 2 amide bonds. The van der Waals surface area contributed by atoms with E-state index in [1.54, 1.807) is 55.6 Å². The van der Waals surface area contributed by atoms with Gasteiger partial charge in [-0.2, -0.15) is 5.26 Å². The van der Waals surface area contributed by atoms with Gasteiger partial charge in [-0.1, -0.05) is 96.0 Å². The number of nitriles is 1. The van der Waals surface area contributed by atoms with Gasteiger partial charge in [-0.25, -0.2) is 4.79 Å². The maximum Gasteiger partial charge on any atom is 0.326 e. The van der Waals surface area contributed by atoms with Gasteiger partial charge in [0.1, 0.15) is 29.9 Å². The lowest BCUT2D eigenvalue weighted by molar-refractivity contribution is -0.142. The maximum atomic E-state index is 14.3. The smallest absolute Gasteiger partial charge is 0.326 e. The average Bonchev–Trinajstić information content (AvgIpc) is 3.28. The molecule has 0 radical (unpaired) electrons. The van der Waals surface area contributed by atoms with Crippen molar-refractivity contribution in [1.29, 1.82) is 5.26 Å². The molecule has 0 spiro atoms. The van der Waals surface area contributed by atoms with Gasteiger partial charge < -0.3 is 30.0 Å². The van der Waals surface area contributed by atoms with Crippen LogP contribution >= 0.6 is 23.2 Å². The molecular formula is C49H40Cl2N4O7. The van der Waals surface area contributed by atoms with Gasteiger partial charge in [-0.15, -0.1) is 0 Å². The molecule has 2 aliphatic rings. The number of halogens is 2. The Balaban J connectivity index is 0.993. The second-order valence-electron chi connectivity index (χ2n) is 15.1. The first kappa shape index (κ1) is 41.9. The van der Waals surface area contributed by atoms with Crippen molar-refractivity contribution in [2.24, 2.45) is 0 Å². The monoisotopic (exact) mass is 866 g/mol. The van der Waals surface area contributed by atoms with Crippen LogP contribution in [-0.2, 0) is 46.9 Å². The summed E-state index contributed by atoms with van der Waals surface area (Å²) in [5.41, 5.74) is 7.71. The summed E-state index contributed by atoms with van der Waals surface area (Å²) in [4.78, 5) is 42.4. The highest BCUT2D eigenvalue weighted by molar-refractivity contribution is 6.42. The molecule has 11 nitrogen and oxygen atoms in total. The fraction of sp³-hybridized carbons (Fsp3) is 0.184. The Morgan fingerprint density at radius 1 is 0.903 bits per heavy atom. The minimum absolute atomic E-state index is 0.0665. The number of benzene rings is 6. The number of carbonyl (C=O) groups is 3. The van der Waals surface area contributed by atoms with Crippen LogP contribution in [0.2, 0.25) is 10.0 Å². The number of carboxylic acid groups (broad SMARTS) is 1. The van der Waals surface area contributed by atoms with Gasteiger partial charge in [0.25, 0.3) is 5.91 Å². The first-order valence-corrected chi connectivity index (χ1v) is 20.6. The number of aliphatic carboxylic acids is 1. The van der Waals surface area contributed by atoms with Gasteiger partial charge in [0.2, 0.25) is 12.0 Å². The molecule has 0 fully saturated rings. The van der Waals surface area contributed by atoms with Gasteiger partial charge in [0.15, 0.2) is 0 Å². The van der Waals surface area contributed by atoms with E-state index < -0.39 is 30.1 Å². The van der Waals surface area contributed by atoms with E-state index in [4.69, 9.17) is 42.7 Å². The first-order chi connectivity index (χ1) is 30.0. The van der Waals surface area contributed by atoms with Gasteiger partial charge in [0, 0.05) is 30.6 Å². The van der Waals surface area contributed by atoms with Crippen molar-refractivity contribution >= 4 is 46.7 Å². The SMILES string of the molecule is COc1ccccc1CN1Cc2cc3c(cc2CC1C(=O)N[C@@H](Cc1ccc(-c2ccc(C#N)cc2)cc1)C(=O)O)NC(=O)[C@H](c1ccc(OCc2ccc(Cl)c(Cl)c2)cc1)O3. The number of carbonyl (C=O) groups excluding carboxylic acids is 2. The molecule has 2 heterocycles. The summed E-state index contributed by atoms with van der Waals surface area (Å²) < 4.78 is 17.9. The predicted molar refractivity (Wildman–Crippen MR) is 235 cm³/mol. The molecule has 0 saturated carbocycles. The van der Waals surface area contributed by atoms with E-state index in [2.05, 4.69) is 16.7 Å². The third-order valence-corrected chi connectivity index (χ3v) is 11.8. The highest BCUT2D eigenvalue weighted by Crippen LogP contribution is 2.40. The normalized spacial score (nSPS) is 16.1. The number of methoxy groups -OCH3 is 1. The van der Waals surface area contributed by atoms with Crippen LogP contribution in [0.25, 0.3) is 11.1 Å². The van der Waals surface area contributed by atoms with Crippen LogP contribution in [0, 0.1) is 11.3 Å². The molecule has 6 aromatic carbocycles. The maximum absolute atomic E-state index is 14.3. The van der Waals surface area contributed by atoms with Crippen molar-refractivity contribution in [3.05, 3.63) is 176 Å². The van der Waals surface area contributed by atoms with Crippen LogP contribution in [0.15, 0.2) is 127 Å². The lowest BCUT2D eigenvalue weighted by atomic mass is 9.91. The topological polar surface area (TPSA) is 150 Å². The highest BCUT2D eigenvalue weighted by Gasteiger charge is 2.37. The quantitative estimate of drug-likeness (QED) is 0.103. The van der Waals surface area contributed by atoms with E-state index in [9.17, 15) is 19.5 Å². The van der Waals surface area contributed by atoms with Crippen molar-refractivity contribution in [3.63, 3.8) is 0 Å². The molecule has 6 aromatic rings. The van der Waals surface area contributed by atoms with E-state index in [0.717, 1.165) is 38.9 Å². The number of carboxylic acids is 1. The Morgan fingerprint density at radius 2 is 1.61 bits per heavy atom. The molecule has 0 aliphatic carbocycles. The second-order valence-corrected chi connectivity index (χ2v) is 16.0. The molecule has 8 rings (SSSR count). The summed E-state index contributed by atoms with van der Waals surface area (Å²) >= 11 is 12.2. The standard InChI is InChI=1S/C49H40Cl2N4O7/c1-60-44-5-3-2-4-35(44)26-55-27-37-24-45-41(53-48(57)46(62-45)34-15-17-38(18-16-34)61-28-31-10-19-39(50)40(51)20-31)22-36(37)23-43(55)47(56)54-42(49(58)59)21-29-6-11-32(12-7-29)33-13-8-30(25-52)9-14-33/h2-20,22,24,42-43,46H,21,23,26-28H2,1H3,(H,53,57)(H,54,56)(H,58,59)/t42-,43?,46-/m0/s1. The highest BCUT2D eigenvalue weighted by atomic mass is 35.5. The second kappa shape index (κ2) is 18.4. The molecule has 0 aromatic heterocycles. The van der Waals surface area contributed by atoms with E-state index in [1.807, 2.05) is 83.8 Å². The third kappa shape index (κ3) is 9.38. The Hall–Kier alpha value is -6.84. The van der Waals surface area contributed by atoms with E-state index in [-0.39, 0.29) is 25.4 Å². The van der Waals surface area contributed by atoms with Gasteiger partial charge in [0.05, 0.1) is 40.5 Å². The molecule has 13 heteroatoms. The molecule has 1 unspecified atom stereocenters. The third-order valence-electron chi connectivity index (χ3n) is 11.1. The molecular weight excluding hydrogens is 827 g/mol. The van der Waals surface area contributed by atoms with E-state index in [1.165, 1.54) is 0 Å². The van der Waals surface area contributed by atoms with Crippen LogP contribution < -0.4 is 24.8 Å². The summed E-state index contributed by atoms with van der Waals surface area (Å²) in [5.74, 6) is -0.187. The summed E-state index contributed by atoms with van der Waals surface area (Å²) in [5, 5.41) is 26.2. The number of rotatable bonds is 13. The zero-order valence-electron chi connectivity index (χ0n) is 33.4. The first-order valence-electron chi connectivity index (χ1n) is 19.8. The summed E-state index contributed by atoms with van der Waals surface area (Å²) in [6.07, 6.45) is -0.605. The minimum atomic E-state index is -1.20. The Labute approximate surface area is 368 Å². The minimum Gasteiger partial charge on any atom is -0.496 e. The van der Waals surface area contributed by atoms with Crippen LogP contribution in [0.4, 0.5) is 5.69 Å². The van der Waals surface area contributed by atoms with Crippen LogP contribution in [0.1, 0.15) is 45.0 Å². The molecule has 2 aliphatic heterocycles. The number of ether oxygens (including phenoxy) is 3. The Bertz CT molecular complexity index is 2680. The number of hydrogen-bond donors (Lipinski definition) is 3.